The van der Waals surface area contributed by atoms with E-state index >= 15 is 0 Å². The molecule has 6 nitrogen and oxygen atoms in total. The first-order chi connectivity index (χ1) is 20.8. The third kappa shape index (κ3) is 4.90. The fourth-order valence-corrected chi connectivity index (χ4v) is 6.00. The summed E-state index contributed by atoms with van der Waals surface area (Å²) in [6.07, 6.45) is 0. The van der Waals surface area contributed by atoms with Crippen LogP contribution in [0.2, 0.25) is 0 Å². The minimum atomic E-state index is -1.38. The number of carbonyl (C=O) groups is 3. The van der Waals surface area contributed by atoms with E-state index in [1.54, 1.807) is 18.2 Å². The van der Waals surface area contributed by atoms with Gasteiger partial charge in [0.15, 0.2) is 5.60 Å². The number of fused-ring (bicyclic) bond motifs is 3. The van der Waals surface area contributed by atoms with Gasteiger partial charge in [-0.05, 0) is 81.3 Å². The Morgan fingerprint density at radius 2 is 0.955 bits per heavy atom. The second-order valence-corrected chi connectivity index (χ2v) is 13.0. The monoisotopic (exact) mass is 586 g/mol. The van der Waals surface area contributed by atoms with Crippen LogP contribution >= 0.6 is 0 Å². The summed E-state index contributed by atoms with van der Waals surface area (Å²) < 4.78 is 18.0. The van der Waals surface area contributed by atoms with Crippen molar-refractivity contribution in [3.63, 3.8) is 0 Å². The molecule has 0 spiro atoms. The predicted molar refractivity (Wildman–Crippen MR) is 170 cm³/mol. The third-order valence-electron chi connectivity index (χ3n) is 7.62. The van der Waals surface area contributed by atoms with Crippen molar-refractivity contribution in [2.24, 2.45) is 0 Å². The van der Waals surface area contributed by atoms with E-state index in [1.807, 2.05) is 120 Å². The van der Waals surface area contributed by atoms with Crippen molar-refractivity contribution < 1.29 is 28.6 Å². The van der Waals surface area contributed by atoms with Crippen LogP contribution in [-0.2, 0) is 19.8 Å². The second kappa shape index (κ2) is 10.3. The average Bonchev–Trinajstić information content (AvgIpc) is 3.27. The van der Waals surface area contributed by atoms with Crippen LogP contribution < -0.4 is 0 Å². The number of esters is 3. The third-order valence-corrected chi connectivity index (χ3v) is 7.62. The molecule has 0 radical (unpaired) electrons. The molecule has 0 amide bonds. The zero-order valence-electron chi connectivity index (χ0n) is 25.7. The number of hydrogen-bond donors (Lipinski definition) is 0. The number of cyclic esters (lactones) is 1. The number of hydrogen-bond acceptors (Lipinski definition) is 6. The molecule has 5 aromatic rings. The zero-order valence-corrected chi connectivity index (χ0v) is 25.7. The average molecular weight is 587 g/mol. The lowest BCUT2D eigenvalue weighted by molar-refractivity contribution is 0.00592. The Morgan fingerprint density at radius 3 is 1.41 bits per heavy atom. The maximum atomic E-state index is 13.6. The molecule has 0 atom stereocenters. The van der Waals surface area contributed by atoms with E-state index in [0.717, 1.165) is 10.8 Å². The Balaban J connectivity index is 1.67. The molecule has 0 N–H and O–H groups in total. The molecule has 1 aliphatic heterocycles. The van der Waals surface area contributed by atoms with E-state index in [-0.39, 0.29) is 0 Å². The Kier molecular flexibility index (Phi) is 6.84. The van der Waals surface area contributed by atoms with Gasteiger partial charge in [-0.1, -0.05) is 78.9 Å². The largest absolute Gasteiger partial charge is 0.456 e. The van der Waals surface area contributed by atoms with Crippen LogP contribution in [0.4, 0.5) is 0 Å². The molecular formula is C38H34O6. The Morgan fingerprint density at radius 1 is 0.545 bits per heavy atom. The van der Waals surface area contributed by atoms with Crippen LogP contribution in [0.25, 0.3) is 21.5 Å². The van der Waals surface area contributed by atoms with E-state index in [4.69, 9.17) is 14.2 Å². The highest BCUT2D eigenvalue weighted by molar-refractivity contribution is 6.09. The highest BCUT2D eigenvalue weighted by atomic mass is 16.6. The van der Waals surface area contributed by atoms with E-state index in [2.05, 4.69) is 0 Å². The maximum absolute atomic E-state index is 13.6. The highest BCUT2D eigenvalue weighted by Gasteiger charge is 2.50. The summed E-state index contributed by atoms with van der Waals surface area (Å²) in [5.41, 5.74) is 0.603. The molecule has 1 heterocycles. The second-order valence-electron chi connectivity index (χ2n) is 13.0. The van der Waals surface area contributed by atoms with Crippen LogP contribution in [0.3, 0.4) is 0 Å². The summed E-state index contributed by atoms with van der Waals surface area (Å²) >= 11 is 0. The van der Waals surface area contributed by atoms with Gasteiger partial charge in [0.05, 0.1) is 16.7 Å². The molecule has 0 bridgehead atoms. The number of carbonyl (C=O) groups excluding carboxylic acids is 3. The summed E-state index contributed by atoms with van der Waals surface area (Å²) in [4.78, 5) is 40.3. The molecule has 6 rings (SSSR count). The van der Waals surface area contributed by atoms with Gasteiger partial charge in [0.2, 0.25) is 0 Å². The van der Waals surface area contributed by atoms with Crippen LogP contribution in [0.5, 0.6) is 0 Å². The number of ether oxygens (including phenoxy) is 3. The van der Waals surface area contributed by atoms with Gasteiger partial charge in [-0.15, -0.1) is 0 Å². The van der Waals surface area contributed by atoms with Gasteiger partial charge in [-0.3, -0.25) is 0 Å². The van der Waals surface area contributed by atoms with Gasteiger partial charge in [-0.25, -0.2) is 14.4 Å². The molecular weight excluding hydrogens is 552 g/mol. The summed E-state index contributed by atoms with van der Waals surface area (Å²) in [7, 11) is 0. The maximum Gasteiger partial charge on any atom is 0.340 e. The van der Waals surface area contributed by atoms with Crippen molar-refractivity contribution in [2.75, 3.05) is 0 Å². The Bertz CT molecular complexity index is 1860. The lowest BCUT2D eigenvalue weighted by Gasteiger charge is -2.33. The van der Waals surface area contributed by atoms with Crippen LogP contribution in [0, 0.1) is 0 Å². The van der Waals surface area contributed by atoms with Crippen molar-refractivity contribution in [3.05, 3.63) is 130 Å². The van der Waals surface area contributed by atoms with Crippen molar-refractivity contribution in [1.82, 2.24) is 0 Å². The van der Waals surface area contributed by atoms with Crippen molar-refractivity contribution in [3.8, 4) is 0 Å². The van der Waals surface area contributed by atoms with Crippen LogP contribution in [0.15, 0.2) is 97.1 Å². The fraction of sp³-hybridized carbons (Fsp3) is 0.237. The van der Waals surface area contributed by atoms with Gasteiger partial charge in [0, 0.05) is 16.7 Å². The standard InChI is InChI=1S/C38H34O6/c1-36(2,3)42-33(39)27-19-21-31(25-15-9-7-13-23(25)27)38(30-18-12-11-17-29(30)35(41)44-38)32-22-20-28(34(40)43-37(4,5)6)24-14-8-10-16-26(24)32/h7-22H,1-6H3. The molecule has 5 aromatic carbocycles. The summed E-state index contributed by atoms with van der Waals surface area (Å²) in [5, 5.41) is 2.82. The number of benzene rings is 5. The van der Waals surface area contributed by atoms with Crippen molar-refractivity contribution in [1.29, 1.82) is 0 Å². The molecule has 222 valence electrons. The molecule has 6 heteroatoms. The zero-order chi connectivity index (χ0) is 31.4. The lowest BCUT2D eigenvalue weighted by atomic mass is 9.75. The smallest absolute Gasteiger partial charge is 0.340 e. The van der Waals surface area contributed by atoms with E-state index in [1.165, 1.54) is 0 Å². The van der Waals surface area contributed by atoms with E-state index in [9.17, 15) is 14.4 Å². The topological polar surface area (TPSA) is 78.9 Å². The fourth-order valence-electron chi connectivity index (χ4n) is 6.00. The summed E-state index contributed by atoms with van der Waals surface area (Å²) in [6, 6.07) is 29.6. The van der Waals surface area contributed by atoms with Gasteiger partial charge < -0.3 is 14.2 Å². The Hall–Kier alpha value is -4.97. The highest BCUT2D eigenvalue weighted by Crippen LogP contribution is 2.51. The van der Waals surface area contributed by atoms with E-state index < -0.39 is 34.7 Å². The van der Waals surface area contributed by atoms with Crippen molar-refractivity contribution >= 4 is 39.5 Å². The predicted octanol–water partition coefficient (Wildman–Crippen LogP) is 8.37. The Labute approximate surface area is 256 Å². The van der Waals surface area contributed by atoms with Crippen molar-refractivity contribution in [2.45, 2.75) is 58.3 Å². The van der Waals surface area contributed by atoms with Gasteiger partial charge >= 0.3 is 17.9 Å². The first kappa shape index (κ1) is 29.1. The minimum absolute atomic E-state index is 0.414. The molecule has 0 aromatic heterocycles. The first-order valence-electron chi connectivity index (χ1n) is 14.6. The molecule has 0 fully saturated rings. The molecule has 0 saturated carbocycles. The quantitative estimate of drug-likeness (QED) is 0.156. The summed E-state index contributed by atoms with van der Waals surface area (Å²) in [5.74, 6) is -1.34. The summed E-state index contributed by atoms with van der Waals surface area (Å²) in [6.45, 7) is 11.0. The normalized spacial score (nSPS) is 14.3. The SMILES string of the molecule is CC(C)(C)OC(=O)c1ccc(C2(c3ccc(C(=O)OC(C)(C)C)c4ccccc34)OC(=O)c3ccccc32)c2ccccc12. The van der Waals surface area contributed by atoms with E-state index in [0.29, 0.717) is 44.2 Å². The molecule has 0 saturated heterocycles. The minimum Gasteiger partial charge on any atom is -0.456 e. The molecule has 0 aliphatic carbocycles. The molecule has 1 aliphatic rings. The molecule has 44 heavy (non-hydrogen) atoms. The van der Waals surface area contributed by atoms with Crippen LogP contribution in [-0.4, -0.2) is 29.1 Å². The van der Waals surface area contributed by atoms with Gasteiger partial charge in [0.25, 0.3) is 0 Å². The van der Waals surface area contributed by atoms with Gasteiger partial charge in [-0.2, -0.15) is 0 Å². The first-order valence-corrected chi connectivity index (χ1v) is 14.6. The lowest BCUT2D eigenvalue weighted by Crippen LogP contribution is -2.31. The van der Waals surface area contributed by atoms with Gasteiger partial charge in [0.1, 0.15) is 11.2 Å². The molecule has 0 unspecified atom stereocenters. The number of rotatable bonds is 4. The van der Waals surface area contributed by atoms with Crippen LogP contribution in [0.1, 0.15) is 89.3 Å².